The SMILES string of the molecule is O=C(CN1CCN(S(=O)(=O)c2ccc3c(c2)CCCC3)CC1)Nc1ccccc1Br. The third-order valence-corrected chi connectivity index (χ3v) is 8.39. The molecule has 1 aliphatic heterocycles. The Hall–Kier alpha value is -1.74. The van der Waals surface area contributed by atoms with Gasteiger partial charge in [-0.1, -0.05) is 18.2 Å². The van der Waals surface area contributed by atoms with Crippen molar-refractivity contribution < 1.29 is 13.2 Å². The molecule has 0 radical (unpaired) electrons. The van der Waals surface area contributed by atoms with Crippen molar-refractivity contribution in [1.29, 1.82) is 0 Å². The lowest BCUT2D eigenvalue weighted by Gasteiger charge is -2.33. The van der Waals surface area contributed by atoms with E-state index < -0.39 is 10.0 Å². The van der Waals surface area contributed by atoms with E-state index in [4.69, 9.17) is 0 Å². The van der Waals surface area contributed by atoms with Crippen LogP contribution in [0.15, 0.2) is 51.8 Å². The van der Waals surface area contributed by atoms with Gasteiger partial charge in [0, 0.05) is 30.7 Å². The number of anilines is 1. The standard InChI is InChI=1S/C22H26BrN3O3S/c23-20-7-3-4-8-21(20)24-22(27)16-25-11-13-26(14-12-25)30(28,29)19-10-9-17-5-1-2-6-18(17)15-19/h3-4,7-10,15H,1-2,5-6,11-14,16H2,(H,24,27). The summed E-state index contributed by atoms with van der Waals surface area (Å²) in [6.45, 7) is 2.10. The second kappa shape index (κ2) is 9.18. The first-order chi connectivity index (χ1) is 14.4. The van der Waals surface area contributed by atoms with Gasteiger partial charge in [0.15, 0.2) is 0 Å². The lowest BCUT2D eigenvalue weighted by Crippen LogP contribution is -2.50. The van der Waals surface area contributed by atoms with Crippen LogP contribution in [-0.4, -0.2) is 56.3 Å². The van der Waals surface area contributed by atoms with Gasteiger partial charge in [0.25, 0.3) is 0 Å². The molecule has 0 aromatic heterocycles. The van der Waals surface area contributed by atoms with Gasteiger partial charge in [-0.3, -0.25) is 9.69 Å². The molecule has 6 nitrogen and oxygen atoms in total. The van der Waals surface area contributed by atoms with Gasteiger partial charge in [0.05, 0.1) is 17.1 Å². The number of fused-ring (bicyclic) bond motifs is 1. The van der Waals surface area contributed by atoms with E-state index >= 15 is 0 Å². The fourth-order valence-electron chi connectivity index (χ4n) is 4.10. The van der Waals surface area contributed by atoms with E-state index in [0.29, 0.717) is 31.1 Å². The quantitative estimate of drug-likeness (QED) is 0.696. The number of amides is 1. The Kier molecular flexibility index (Phi) is 6.57. The zero-order valence-corrected chi connectivity index (χ0v) is 19.2. The molecule has 1 aliphatic carbocycles. The van der Waals surface area contributed by atoms with Gasteiger partial charge in [-0.2, -0.15) is 4.31 Å². The van der Waals surface area contributed by atoms with Gasteiger partial charge in [0.2, 0.25) is 15.9 Å². The average Bonchev–Trinajstić information content (AvgIpc) is 2.75. The average molecular weight is 492 g/mol. The minimum atomic E-state index is -3.50. The van der Waals surface area contributed by atoms with Crippen LogP contribution in [0.2, 0.25) is 0 Å². The Labute approximate surface area is 186 Å². The van der Waals surface area contributed by atoms with Crippen LogP contribution in [0.1, 0.15) is 24.0 Å². The third-order valence-electron chi connectivity index (χ3n) is 5.80. The normalized spacial score (nSPS) is 18.0. The van der Waals surface area contributed by atoms with Gasteiger partial charge in [-0.15, -0.1) is 0 Å². The molecule has 0 atom stereocenters. The van der Waals surface area contributed by atoms with Crippen molar-refractivity contribution in [2.75, 3.05) is 38.0 Å². The number of sulfonamides is 1. The highest BCUT2D eigenvalue weighted by molar-refractivity contribution is 9.10. The number of nitrogens with zero attached hydrogens (tertiary/aromatic N) is 2. The molecule has 160 valence electrons. The van der Waals surface area contributed by atoms with Crippen molar-refractivity contribution in [1.82, 2.24) is 9.21 Å². The summed E-state index contributed by atoms with van der Waals surface area (Å²) >= 11 is 3.42. The van der Waals surface area contributed by atoms with Gasteiger partial charge < -0.3 is 5.32 Å². The molecule has 8 heteroatoms. The summed E-state index contributed by atoms with van der Waals surface area (Å²) in [4.78, 5) is 14.7. The maximum absolute atomic E-state index is 13.1. The molecule has 2 aliphatic rings. The van der Waals surface area contributed by atoms with E-state index in [1.54, 1.807) is 10.4 Å². The zero-order chi connectivity index (χ0) is 21.1. The highest BCUT2D eigenvalue weighted by atomic mass is 79.9. The zero-order valence-electron chi connectivity index (χ0n) is 16.8. The minimum Gasteiger partial charge on any atom is -0.324 e. The van der Waals surface area contributed by atoms with E-state index in [9.17, 15) is 13.2 Å². The molecule has 1 amide bonds. The minimum absolute atomic E-state index is 0.104. The van der Waals surface area contributed by atoms with Crippen molar-refractivity contribution in [3.8, 4) is 0 Å². The number of hydrogen-bond donors (Lipinski definition) is 1. The summed E-state index contributed by atoms with van der Waals surface area (Å²) in [6, 6.07) is 13.1. The fourth-order valence-corrected chi connectivity index (χ4v) is 5.96. The second-order valence-electron chi connectivity index (χ2n) is 7.85. The lowest BCUT2D eigenvalue weighted by atomic mass is 9.92. The molecular formula is C22H26BrN3O3S. The van der Waals surface area contributed by atoms with E-state index in [-0.39, 0.29) is 12.5 Å². The number of aryl methyl sites for hydroxylation is 2. The fraction of sp³-hybridized carbons (Fsp3) is 0.409. The van der Waals surface area contributed by atoms with E-state index in [1.165, 1.54) is 17.5 Å². The molecule has 0 unspecified atom stereocenters. The molecule has 30 heavy (non-hydrogen) atoms. The summed E-state index contributed by atoms with van der Waals surface area (Å²) in [6.07, 6.45) is 4.29. The molecule has 1 N–H and O–H groups in total. The van der Waals surface area contributed by atoms with Gasteiger partial charge >= 0.3 is 0 Å². The molecule has 1 saturated heterocycles. The molecule has 0 bridgehead atoms. The lowest BCUT2D eigenvalue weighted by molar-refractivity contribution is -0.117. The van der Waals surface area contributed by atoms with Crippen LogP contribution in [0.25, 0.3) is 0 Å². The number of carbonyl (C=O) groups is 1. The van der Waals surface area contributed by atoms with Crippen molar-refractivity contribution in [3.05, 3.63) is 58.1 Å². The summed E-state index contributed by atoms with van der Waals surface area (Å²) in [5.41, 5.74) is 3.18. The first-order valence-electron chi connectivity index (χ1n) is 10.3. The largest absolute Gasteiger partial charge is 0.324 e. The molecule has 0 spiro atoms. The van der Waals surface area contributed by atoms with Crippen molar-refractivity contribution >= 4 is 37.5 Å². The number of rotatable bonds is 5. The van der Waals surface area contributed by atoms with Crippen LogP contribution in [0.3, 0.4) is 0 Å². The monoisotopic (exact) mass is 491 g/mol. The molecular weight excluding hydrogens is 466 g/mol. The number of carbonyl (C=O) groups excluding carboxylic acids is 1. The number of nitrogens with one attached hydrogen (secondary N) is 1. The van der Waals surface area contributed by atoms with Crippen LogP contribution < -0.4 is 5.32 Å². The smallest absolute Gasteiger partial charge is 0.243 e. The van der Waals surface area contributed by atoms with E-state index in [0.717, 1.165) is 29.4 Å². The number of halogens is 1. The topological polar surface area (TPSA) is 69.7 Å². The summed E-state index contributed by atoms with van der Waals surface area (Å²) < 4.78 is 28.6. The number of piperazine rings is 1. The van der Waals surface area contributed by atoms with Gasteiger partial charge in [-0.05, 0) is 77.0 Å². The maximum atomic E-state index is 13.1. The third kappa shape index (κ3) is 4.77. The van der Waals surface area contributed by atoms with Crippen molar-refractivity contribution in [2.45, 2.75) is 30.6 Å². The molecule has 1 fully saturated rings. The van der Waals surface area contributed by atoms with Crippen molar-refractivity contribution in [2.24, 2.45) is 0 Å². The highest BCUT2D eigenvalue weighted by Crippen LogP contribution is 2.26. The maximum Gasteiger partial charge on any atom is 0.243 e. The number of para-hydroxylation sites is 1. The Morgan fingerprint density at radius 2 is 1.67 bits per heavy atom. The summed E-state index contributed by atoms with van der Waals surface area (Å²) in [7, 11) is -3.50. The van der Waals surface area contributed by atoms with E-state index in [2.05, 4.69) is 21.2 Å². The Balaban J connectivity index is 1.34. The second-order valence-corrected chi connectivity index (χ2v) is 10.6. The van der Waals surface area contributed by atoms with Crippen LogP contribution in [0.5, 0.6) is 0 Å². The first-order valence-corrected chi connectivity index (χ1v) is 12.6. The van der Waals surface area contributed by atoms with Crippen molar-refractivity contribution in [3.63, 3.8) is 0 Å². The predicted octanol–water partition coefficient (Wildman–Crippen LogP) is 3.27. The predicted molar refractivity (Wildman–Crippen MR) is 121 cm³/mol. The van der Waals surface area contributed by atoms with Crippen LogP contribution in [0, 0.1) is 0 Å². The van der Waals surface area contributed by atoms with Gasteiger partial charge in [0.1, 0.15) is 0 Å². The molecule has 1 heterocycles. The van der Waals surface area contributed by atoms with Crippen LogP contribution in [-0.2, 0) is 27.7 Å². The molecule has 0 saturated carbocycles. The number of hydrogen-bond acceptors (Lipinski definition) is 4. The molecule has 2 aromatic rings. The van der Waals surface area contributed by atoms with Gasteiger partial charge in [-0.25, -0.2) is 8.42 Å². The van der Waals surface area contributed by atoms with Crippen LogP contribution in [0.4, 0.5) is 5.69 Å². The summed E-state index contributed by atoms with van der Waals surface area (Å²) in [5.74, 6) is -0.104. The highest BCUT2D eigenvalue weighted by Gasteiger charge is 2.29. The molecule has 2 aromatic carbocycles. The van der Waals surface area contributed by atoms with Crippen LogP contribution >= 0.6 is 15.9 Å². The Bertz CT molecular complexity index is 1030. The Morgan fingerprint density at radius 1 is 0.967 bits per heavy atom. The molecule has 4 rings (SSSR count). The Morgan fingerprint density at radius 3 is 2.40 bits per heavy atom. The van der Waals surface area contributed by atoms with E-state index in [1.807, 2.05) is 41.3 Å². The first kappa shape index (κ1) is 21.5. The number of benzene rings is 2. The summed E-state index contributed by atoms with van der Waals surface area (Å²) in [5, 5.41) is 2.89.